The van der Waals surface area contributed by atoms with Gasteiger partial charge in [0.2, 0.25) is 5.91 Å². The SMILES string of the molecule is COc1ccc2c(c1)SC1=NC(=O)C(Cc3ccccc3)C(=O)N12. The van der Waals surface area contributed by atoms with E-state index in [1.54, 1.807) is 18.1 Å². The molecule has 120 valence electrons. The number of nitrogens with zero attached hydrogens (tertiary/aromatic N) is 2. The van der Waals surface area contributed by atoms with Gasteiger partial charge in [0.1, 0.15) is 11.7 Å². The topological polar surface area (TPSA) is 59.0 Å². The molecular formula is C18H14N2O3S. The summed E-state index contributed by atoms with van der Waals surface area (Å²) in [5.41, 5.74) is 1.71. The molecule has 0 fully saturated rings. The highest BCUT2D eigenvalue weighted by Gasteiger charge is 2.43. The molecule has 1 atom stereocenters. The molecule has 2 heterocycles. The summed E-state index contributed by atoms with van der Waals surface area (Å²) in [6, 6.07) is 15.0. The van der Waals surface area contributed by atoms with E-state index in [0.29, 0.717) is 17.3 Å². The lowest BCUT2D eigenvalue weighted by molar-refractivity contribution is -0.131. The van der Waals surface area contributed by atoms with E-state index >= 15 is 0 Å². The van der Waals surface area contributed by atoms with Crippen molar-refractivity contribution in [3.05, 3.63) is 54.1 Å². The van der Waals surface area contributed by atoms with Gasteiger partial charge in [-0.3, -0.25) is 14.5 Å². The number of hydrogen-bond donors (Lipinski definition) is 0. The van der Waals surface area contributed by atoms with Gasteiger partial charge >= 0.3 is 0 Å². The first-order valence-electron chi connectivity index (χ1n) is 7.53. The minimum Gasteiger partial charge on any atom is -0.497 e. The third kappa shape index (κ3) is 2.39. The summed E-state index contributed by atoms with van der Waals surface area (Å²) < 4.78 is 5.22. The lowest BCUT2D eigenvalue weighted by Crippen LogP contribution is -2.45. The fourth-order valence-electron chi connectivity index (χ4n) is 2.88. The predicted octanol–water partition coefficient (Wildman–Crippen LogP) is 2.89. The maximum Gasteiger partial charge on any atom is 0.261 e. The highest BCUT2D eigenvalue weighted by atomic mass is 32.2. The summed E-state index contributed by atoms with van der Waals surface area (Å²) in [4.78, 5) is 31.8. The molecule has 0 aromatic heterocycles. The second-order valence-electron chi connectivity index (χ2n) is 5.58. The standard InChI is InChI=1S/C18H14N2O3S/c1-23-12-7-8-14-15(10-12)24-18-19-16(21)13(17(22)20(14)18)9-11-5-3-2-4-6-11/h2-8,10,13H,9H2,1H3. The van der Waals surface area contributed by atoms with Crippen LogP contribution in [0.5, 0.6) is 5.75 Å². The van der Waals surface area contributed by atoms with E-state index in [1.807, 2.05) is 42.5 Å². The third-order valence-corrected chi connectivity index (χ3v) is 5.11. The second-order valence-corrected chi connectivity index (χ2v) is 6.59. The average Bonchev–Trinajstić information content (AvgIpc) is 2.96. The molecule has 0 bridgehead atoms. The normalized spacial score (nSPS) is 19.0. The van der Waals surface area contributed by atoms with Crippen LogP contribution in [0.25, 0.3) is 0 Å². The number of carbonyl (C=O) groups excluding carboxylic acids is 2. The van der Waals surface area contributed by atoms with Crippen molar-refractivity contribution < 1.29 is 14.3 Å². The zero-order valence-electron chi connectivity index (χ0n) is 12.9. The number of anilines is 1. The lowest BCUT2D eigenvalue weighted by atomic mass is 9.96. The molecule has 0 saturated heterocycles. The van der Waals surface area contributed by atoms with Gasteiger partial charge in [0.15, 0.2) is 5.17 Å². The molecule has 6 heteroatoms. The van der Waals surface area contributed by atoms with E-state index in [1.165, 1.54) is 11.8 Å². The number of carbonyl (C=O) groups is 2. The number of hydrogen-bond acceptors (Lipinski definition) is 4. The van der Waals surface area contributed by atoms with Crippen LogP contribution in [-0.4, -0.2) is 24.1 Å². The van der Waals surface area contributed by atoms with Crippen LogP contribution in [0.3, 0.4) is 0 Å². The van der Waals surface area contributed by atoms with E-state index in [9.17, 15) is 9.59 Å². The van der Waals surface area contributed by atoms with Gasteiger partial charge in [0.25, 0.3) is 5.91 Å². The number of ether oxygens (including phenoxy) is 1. The Balaban J connectivity index is 1.69. The molecule has 2 amide bonds. The molecule has 2 aromatic rings. The van der Waals surface area contributed by atoms with Crippen molar-refractivity contribution in [1.82, 2.24) is 0 Å². The maximum absolute atomic E-state index is 12.9. The summed E-state index contributed by atoms with van der Waals surface area (Å²) >= 11 is 1.32. The van der Waals surface area contributed by atoms with Crippen LogP contribution in [-0.2, 0) is 16.0 Å². The first-order valence-corrected chi connectivity index (χ1v) is 8.35. The Bertz CT molecular complexity index is 864. The summed E-state index contributed by atoms with van der Waals surface area (Å²) in [6.45, 7) is 0. The molecule has 0 saturated carbocycles. The zero-order valence-corrected chi connectivity index (χ0v) is 13.7. The van der Waals surface area contributed by atoms with Gasteiger partial charge in [-0.1, -0.05) is 30.3 Å². The van der Waals surface area contributed by atoms with E-state index in [4.69, 9.17) is 4.74 Å². The van der Waals surface area contributed by atoms with Gasteiger partial charge < -0.3 is 4.74 Å². The van der Waals surface area contributed by atoms with Crippen LogP contribution in [0, 0.1) is 5.92 Å². The van der Waals surface area contributed by atoms with Crippen molar-refractivity contribution >= 4 is 34.4 Å². The first-order chi connectivity index (χ1) is 11.7. The van der Waals surface area contributed by atoms with E-state index in [2.05, 4.69) is 4.99 Å². The van der Waals surface area contributed by atoms with Crippen LogP contribution in [0.15, 0.2) is 58.4 Å². The predicted molar refractivity (Wildman–Crippen MR) is 92.4 cm³/mol. The largest absolute Gasteiger partial charge is 0.497 e. The molecule has 0 spiro atoms. The molecule has 24 heavy (non-hydrogen) atoms. The summed E-state index contributed by atoms with van der Waals surface area (Å²) in [5.74, 6) is -0.654. The van der Waals surface area contributed by atoms with Gasteiger partial charge in [-0.25, -0.2) is 0 Å². The summed E-state index contributed by atoms with van der Waals surface area (Å²) in [6.07, 6.45) is 0.363. The van der Waals surface area contributed by atoms with E-state index < -0.39 is 5.92 Å². The Morgan fingerprint density at radius 2 is 1.96 bits per heavy atom. The number of methoxy groups -OCH3 is 1. The Kier molecular flexibility index (Phi) is 3.61. The van der Waals surface area contributed by atoms with Crippen LogP contribution in [0.2, 0.25) is 0 Å². The molecular weight excluding hydrogens is 324 g/mol. The van der Waals surface area contributed by atoms with Crippen molar-refractivity contribution in [3.8, 4) is 5.75 Å². The summed E-state index contributed by atoms with van der Waals surface area (Å²) in [5, 5.41) is 0.428. The Morgan fingerprint density at radius 3 is 2.71 bits per heavy atom. The number of amides is 2. The molecule has 0 aliphatic carbocycles. The number of benzene rings is 2. The smallest absolute Gasteiger partial charge is 0.261 e. The lowest BCUT2D eigenvalue weighted by Gasteiger charge is -2.26. The van der Waals surface area contributed by atoms with Crippen LogP contribution < -0.4 is 9.64 Å². The second kappa shape index (κ2) is 5.79. The van der Waals surface area contributed by atoms with E-state index in [0.717, 1.165) is 16.1 Å². The van der Waals surface area contributed by atoms with Crippen molar-refractivity contribution in [2.24, 2.45) is 10.9 Å². The quantitative estimate of drug-likeness (QED) is 0.808. The van der Waals surface area contributed by atoms with Crippen molar-refractivity contribution in [3.63, 3.8) is 0 Å². The molecule has 2 aromatic carbocycles. The van der Waals surface area contributed by atoms with Gasteiger partial charge in [-0.2, -0.15) is 4.99 Å². The van der Waals surface area contributed by atoms with Crippen molar-refractivity contribution in [2.75, 3.05) is 12.0 Å². The Labute approximate surface area is 143 Å². The van der Waals surface area contributed by atoms with Gasteiger partial charge in [0, 0.05) is 4.90 Å². The van der Waals surface area contributed by atoms with Crippen molar-refractivity contribution in [1.29, 1.82) is 0 Å². The number of fused-ring (bicyclic) bond motifs is 3. The molecule has 0 radical (unpaired) electrons. The average molecular weight is 338 g/mol. The van der Waals surface area contributed by atoms with Gasteiger partial charge in [-0.05, 0) is 41.9 Å². The monoisotopic (exact) mass is 338 g/mol. The fourth-order valence-corrected chi connectivity index (χ4v) is 3.93. The van der Waals surface area contributed by atoms with Crippen molar-refractivity contribution in [2.45, 2.75) is 11.3 Å². The Morgan fingerprint density at radius 1 is 1.17 bits per heavy atom. The van der Waals surface area contributed by atoms with Crippen LogP contribution in [0.1, 0.15) is 5.56 Å². The number of amidine groups is 1. The molecule has 0 N–H and O–H groups in total. The Hall–Kier alpha value is -2.60. The van der Waals surface area contributed by atoms with Crippen LogP contribution >= 0.6 is 11.8 Å². The molecule has 5 nitrogen and oxygen atoms in total. The highest BCUT2D eigenvalue weighted by molar-refractivity contribution is 8.15. The minimum atomic E-state index is -0.773. The molecule has 1 unspecified atom stereocenters. The number of aliphatic imine (C=N–C) groups is 1. The maximum atomic E-state index is 12.9. The third-order valence-electron chi connectivity index (χ3n) is 4.11. The zero-order chi connectivity index (χ0) is 16.7. The summed E-state index contributed by atoms with van der Waals surface area (Å²) in [7, 11) is 1.59. The first kappa shape index (κ1) is 15.0. The van der Waals surface area contributed by atoms with Crippen LogP contribution in [0.4, 0.5) is 5.69 Å². The van der Waals surface area contributed by atoms with Gasteiger partial charge in [-0.15, -0.1) is 0 Å². The van der Waals surface area contributed by atoms with Gasteiger partial charge in [0.05, 0.1) is 12.8 Å². The minimum absolute atomic E-state index is 0.217. The highest BCUT2D eigenvalue weighted by Crippen LogP contribution is 2.44. The molecule has 4 rings (SSSR count). The molecule has 2 aliphatic heterocycles. The number of rotatable bonds is 3. The number of thioether (sulfide) groups is 1. The van der Waals surface area contributed by atoms with E-state index in [-0.39, 0.29) is 11.8 Å². The fraction of sp³-hybridized carbons (Fsp3) is 0.167. The molecule has 2 aliphatic rings.